The molecule has 2 aromatic heterocycles. The molecule has 0 saturated heterocycles. The summed E-state index contributed by atoms with van der Waals surface area (Å²) >= 11 is 0. The van der Waals surface area contributed by atoms with Gasteiger partial charge in [-0.15, -0.1) is 0 Å². The zero-order valence-corrected chi connectivity index (χ0v) is 14.5. The van der Waals surface area contributed by atoms with E-state index in [-0.39, 0.29) is 17.3 Å². The number of hydrogen-bond donors (Lipinski definition) is 1. The maximum absolute atomic E-state index is 13.4. The molecule has 140 valence electrons. The van der Waals surface area contributed by atoms with Gasteiger partial charge >= 0.3 is 6.18 Å². The molecule has 1 fully saturated rings. The van der Waals surface area contributed by atoms with Crippen molar-refractivity contribution in [1.29, 1.82) is 0 Å². The molecule has 0 bridgehead atoms. The third-order valence-electron chi connectivity index (χ3n) is 4.59. The number of aryl methyl sites for hydroxylation is 1. The fraction of sp³-hybridized carbons (Fsp3) is 0.316. The van der Waals surface area contributed by atoms with E-state index in [0.29, 0.717) is 15.9 Å². The highest BCUT2D eigenvalue weighted by molar-refractivity contribution is 6.03. The standard InChI is InChI=1S/C19H17F3N4O/c1-2-11-3-7-13(8-4-11)23-18(27)15-10-17-24-14(12-5-6-12)9-16(19(20,21)22)26(17)25-15/h3-4,7-10,12H,2,5-6H2,1H3,(H,23,27). The van der Waals surface area contributed by atoms with Crippen LogP contribution >= 0.6 is 0 Å². The van der Waals surface area contributed by atoms with Crippen LogP contribution in [0.4, 0.5) is 18.9 Å². The van der Waals surface area contributed by atoms with Crippen molar-refractivity contribution in [3.63, 3.8) is 0 Å². The molecule has 5 nitrogen and oxygen atoms in total. The Morgan fingerprint density at radius 2 is 1.93 bits per heavy atom. The zero-order chi connectivity index (χ0) is 19.2. The number of hydrogen-bond acceptors (Lipinski definition) is 3. The van der Waals surface area contributed by atoms with Crippen LogP contribution in [0.2, 0.25) is 0 Å². The molecular weight excluding hydrogens is 357 g/mol. The summed E-state index contributed by atoms with van der Waals surface area (Å²) in [6, 6.07) is 9.57. The van der Waals surface area contributed by atoms with Gasteiger partial charge in [0.25, 0.3) is 5.91 Å². The van der Waals surface area contributed by atoms with Crippen molar-refractivity contribution in [3.8, 4) is 0 Å². The molecular formula is C19H17F3N4O. The highest BCUT2D eigenvalue weighted by atomic mass is 19.4. The fourth-order valence-electron chi connectivity index (χ4n) is 2.91. The van der Waals surface area contributed by atoms with Crippen LogP contribution in [0.5, 0.6) is 0 Å². The minimum absolute atomic E-state index is 0.0261. The molecule has 1 aliphatic rings. The summed E-state index contributed by atoms with van der Waals surface area (Å²) in [5, 5.41) is 6.51. The van der Waals surface area contributed by atoms with E-state index < -0.39 is 17.8 Å². The Balaban J connectivity index is 1.68. The number of nitrogens with one attached hydrogen (secondary N) is 1. The Morgan fingerprint density at radius 1 is 1.22 bits per heavy atom. The Kier molecular flexibility index (Phi) is 4.13. The van der Waals surface area contributed by atoms with Crippen molar-refractivity contribution < 1.29 is 18.0 Å². The summed E-state index contributed by atoms with van der Waals surface area (Å²) in [5.74, 6) is -0.522. The monoisotopic (exact) mass is 374 g/mol. The summed E-state index contributed by atoms with van der Waals surface area (Å²) < 4.78 is 41.0. The number of aromatic nitrogens is 3. The van der Waals surface area contributed by atoms with Gasteiger partial charge in [-0.3, -0.25) is 4.79 Å². The van der Waals surface area contributed by atoms with E-state index in [1.54, 1.807) is 12.1 Å². The van der Waals surface area contributed by atoms with Crippen LogP contribution in [0.3, 0.4) is 0 Å². The number of carbonyl (C=O) groups excluding carboxylic acids is 1. The van der Waals surface area contributed by atoms with E-state index in [1.807, 2.05) is 19.1 Å². The van der Waals surface area contributed by atoms with Crippen molar-refractivity contribution in [2.24, 2.45) is 0 Å². The predicted molar refractivity (Wildman–Crippen MR) is 93.7 cm³/mol. The van der Waals surface area contributed by atoms with E-state index in [2.05, 4.69) is 15.4 Å². The molecule has 1 saturated carbocycles. The lowest BCUT2D eigenvalue weighted by atomic mass is 10.1. The fourth-order valence-corrected chi connectivity index (χ4v) is 2.91. The van der Waals surface area contributed by atoms with E-state index >= 15 is 0 Å². The maximum Gasteiger partial charge on any atom is 0.433 e. The number of nitrogens with zero attached hydrogens (tertiary/aromatic N) is 3. The Hall–Kier alpha value is -2.90. The van der Waals surface area contributed by atoms with Crippen LogP contribution < -0.4 is 5.32 Å². The highest BCUT2D eigenvalue weighted by Crippen LogP contribution is 2.41. The second kappa shape index (κ2) is 6.37. The number of carbonyl (C=O) groups is 1. The van der Waals surface area contributed by atoms with E-state index in [9.17, 15) is 18.0 Å². The molecule has 27 heavy (non-hydrogen) atoms. The number of halogens is 3. The second-order valence-corrected chi connectivity index (χ2v) is 6.64. The SMILES string of the molecule is CCc1ccc(NC(=O)c2cc3nc(C4CC4)cc(C(F)(F)F)n3n2)cc1. The summed E-state index contributed by atoms with van der Waals surface area (Å²) in [5.41, 5.74) is 1.07. The van der Waals surface area contributed by atoms with Crippen molar-refractivity contribution in [2.45, 2.75) is 38.3 Å². The highest BCUT2D eigenvalue weighted by Gasteiger charge is 2.37. The number of amides is 1. The summed E-state index contributed by atoms with van der Waals surface area (Å²) in [7, 11) is 0. The lowest BCUT2D eigenvalue weighted by molar-refractivity contribution is -0.142. The van der Waals surface area contributed by atoms with Crippen LogP contribution in [0.25, 0.3) is 5.65 Å². The minimum Gasteiger partial charge on any atom is -0.321 e. The Labute approximate surface area is 153 Å². The quantitative estimate of drug-likeness (QED) is 0.734. The largest absolute Gasteiger partial charge is 0.433 e. The molecule has 0 radical (unpaired) electrons. The molecule has 1 N–H and O–H groups in total. The number of fused-ring (bicyclic) bond motifs is 1. The van der Waals surface area contributed by atoms with Gasteiger partial charge in [-0.25, -0.2) is 9.50 Å². The van der Waals surface area contributed by atoms with Gasteiger partial charge < -0.3 is 5.32 Å². The van der Waals surface area contributed by atoms with E-state index in [1.165, 1.54) is 6.07 Å². The molecule has 8 heteroatoms. The van der Waals surface area contributed by atoms with Gasteiger partial charge in [-0.05, 0) is 43.0 Å². The van der Waals surface area contributed by atoms with Gasteiger partial charge in [0.15, 0.2) is 11.3 Å². The van der Waals surface area contributed by atoms with Crippen molar-refractivity contribution in [3.05, 3.63) is 59.0 Å². The zero-order valence-electron chi connectivity index (χ0n) is 14.5. The number of anilines is 1. The summed E-state index contributed by atoms with van der Waals surface area (Å²) in [6.45, 7) is 2.02. The predicted octanol–water partition coefficient (Wildman–Crippen LogP) is 4.44. The first-order valence-electron chi connectivity index (χ1n) is 8.73. The van der Waals surface area contributed by atoms with Gasteiger partial charge in [0, 0.05) is 23.4 Å². The molecule has 0 atom stereocenters. The molecule has 0 aliphatic heterocycles. The van der Waals surface area contributed by atoms with Gasteiger partial charge in [0.2, 0.25) is 0 Å². The topological polar surface area (TPSA) is 59.3 Å². The smallest absolute Gasteiger partial charge is 0.321 e. The molecule has 1 aliphatic carbocycles. The average Bonchev–Trinajstić information content (AvgIpc) is 3.39. The Morgan fingerprint density at radius 3 is 2.52 bits per heavy atom. The van der Waals surface area contributed by atoms with Gasteiger partial charge in [0.05, 0.1) is 0 Å². The van der Waals surface area contributed by atoms with Crippen molar-refractivity contribution in [1.82, 2.24) is 14.6 Å². The maximum atomic E-state index is 13.4. The van der Waals surface area contributed by atoms with Crippen LogP contribution in [0, 0.1) is 0 Å². The average molecular weight is 374 g/mol. The number of alkyl halides is 3. The summed E-state index contributed by atoms with van der Waals surface area (Å²) in [6.07, 6.45) is -2.05. The minimum atomic E-state index is -4.58. The third-order valence-corrected chi connectivity index (χ3v) is 4.59. The van der Waals surface area contributed by atoms with E-state index in [0.717, 1.165) is 30.9 Å². The van der Waals surface area contributed by atoms with Gasteiger partial charge in [-0.2, -0.15) is 18.3 Å². The molecule has 3 aromatic rings. The first kappa shape index (κ1) is 17.5. The third kappa shape index (κ3) is 3.51. The lowest BCUT2D eigenvalue weighted by Gasteiger charge is -2.10. The van der Waals surface area contributed by atoms with Crippen LogP contribution in [-0.4, -0.2) is 20.5 Å². The van der Waals surface area contributed by atoms with Crippen LogP contribution in [0.15, 0.2) is 36.4 Å². The number of rotatable bonds is 4. The molecule has 0 spiro atoms. The molecule has 4 rings (SSSR count). The van der Waals surface area contributed by atoms with Crippen LogP contribution in [0.1, 0.15) is 53.1 Å². The lowest BCUT2D eigenvalue weighted by Crippen LogP contribution is -2.16. The second-order valence-electron chi connectivity index (χ2n) is 6.64. The van der Waals surface area contributed by atoms with E-state index in [4.69, 9.17) is 0 Å². The first-order chi connectivity index (χ1) is 12.8. The molecule has 1 aromatic carbocycles. The number of benzene rings is 1. The summed E-state index contributed by atoms with van der Waals surface area (Å²) in [4.78, 5) is 16.7. The van der Waals surface area contributed by atoms with Crippen molar-refractivity contribution in [2.75, 3.05) is 5.32 Å². The molecule has 2 heterocycles. The normalized spacial score (nSPS) is 14.5. The van der Waals surface area contributed by atoms with Crippen molar-refractivity contribution >= 4 is 17.2 Å². The molecule has 1 amide bonds. The molecule has 0 unspecified atom stereocenters. The first-order valence-corrected chi connectivity index (χ1v) is 8.73. The Bertz CT molecular complexity index is 1000. The van der Waals surface area contributed by atoms with Gasteiger partial charge in [0.1, 0.15) is 5.69 Å². The van der Waals surface area contributed by atoms with Gasteiger partial charge in [-0.1, -0.05) is 19.1 Å². The van der Waals surface area contributed by atoms with Crippen LogP contribution in [-0.2, 0) is 12.6 Å².